The van der Waals surface area contributed by atoms with E-state index in [-0.39, 0.29) is 0 Å². The van der Waals surface area contributed by atoms with E-state index >= 15 is 0 Å². The third-order valence-electron chi connectivity index (χ3n) is 4.32. The van der Waals surface area contributed by atoms with Crippen LogP contribution in [0.3, 0.4) is 0 Å². The summed E-state index contributed by atoms with van der Waals surface area (Å²) >= 11 is 0. The van der Waals surface area contributed by atoms with Gasteiger partial charge in [0.25, 0.3) is 0 Å². The normalized spacial score (nSPS) is 20.1. The van der Waals surface area contributed by atoms with Crippen LogP contribution < -0.4 is 5.32 Å². The number of rotatable bonds is 7. The highest BCUT2D eigenvalue weighted by Gasteiger charge is 2.30. The summed E-state index contributed by atoms with van der Waals surface area (Å²) in [7, 11) is 2.16. The third-order valence-corrected chi connectivity index (χ3v) is 4.32. The molecular weight excluding hydrogens is 208 g/mol. The molecular formula is C15H32N2. The molecule has 102 valence electrons. The number of hydrogen-bond donors (Lipinski definition) is 1. The molecule has 0 atom stereocenters. The van der Waals surface area contributed by atoms with E-state index in [0.29, 0.717) is 5.54 Å². The van der Waals surface area contributed by atoms with E-state index in [1.807, 2.05) is 0 Å². The predicted molar refractivity (Wildman–Crippen MR) is 76.4 cm³/mol. The van der Waals surface area contributed by atoms with Gasteiger partial charge in [0.15, 0.2) is 0 Å². The topological polar surface area (TPSA) is 15.3 Å². The monoisotopic (exact) mass is 240 g/mol. The Morgan fingerprint density at radius 2 is 1.82 bits per heavy atom. The summed E-state index contributed by atoms with van der Waals surface area (Å²) in [5.74, 6) is 0.784. The molecule has 0 aromatic heterocycles. The minimum Gasteiger partial charge on any atom is -0.314 e. The fourth-order valence-electron chi connectivity index (χ4n) is 3.12. The molecule has 0 bridgehead atoms. The fraction of sp³-hybridized carbons (Fsp3) is 1.00. The highest BCUT2D eigenvalue weighted by molar-refractivity contribution is 4.90. The Bertz CT molecular complexity index is 195. The van der Waals surface area contributed by atoms with Crippen molar-refractivity contribution in [2.75, 3.05) is 26.7 Å². The lowest BCUT2D eigenvalue weighted by Gasteiger charge is -2.39. The standard InChI is InChI=1S/C15H32N2/c1-5-17(13-14(2)3)12-11-15(16-4)9-7-6-8-10-15/h14,16H,5-13H2,1-4H3. The molecule has 0 radical (unpaired) electrons. The minimum absolute atomic E-state index is 0.447. The molecule has 0 heterocycles. The van der Waals surface area contributed by atoms with Gasteiger partial charge >= 0.3 is 0 Å². The van der Waals surface area contributed by atoms with E-state index < -0.39 is 0 Å². The Balaban J connectivity index is 2.39. The first-order valence-corrected chi connectivity index (χ1v) is 7.53. The molecule has 2 nitrogen and oxygen atoms in total. The summed E-state index contributed by atoms with van der Waals surface area (Å²) in [6, 6.07) is 0. The second kappa shape index (κ2) is 7.38. The predicted octanol–water partition coefficient (Wildman–Crippen LogP) is 3.28. The second-order valence-electron chi connectivity index (χ2n) is 6.13. The first-order valence-electron chi connectivity index (χ1n) is 7.53. The van der Waals surface area contributed by atoms with Crippen LogP contribution in [0, 0.1) is 5.92 Å². The highest BCUT2D eigenvalue weighted by Crippen LogP contribution is 2.30. The summed E-state index contributed by atoms with van der Waals surface area (Å²) in [6.07, 6.45) is 8.34. The van der Waals surface area contributed by atoms with Crippen LogP contribution in [-0.4, -0.2) is 37.1 Å². The summed E-state index contributed by atoms with van der Waals surface area (Å²) in [6.45, 7) is 10.6. The van der Waals surface area contributed by atoms with E-state index in [2.05, 4.69) is 38.0 Å². The highest BCUT2D eigenvalue weighted by atomic mass is 15.1. The SMILES string of the molecule is CCN(CCC1(NC)CCCCC1)CC(C)C. The summed E-state index contributed by atoms with van der Waals surface area (Å²) in [5.41, 5.74) is 0.447. The van der Waals surface area contributed by atoms with Crippen LogP contribution in [-0.2, 0) is 0 Å². The number of nitrogens with zero attached hydrogens (tertiary/aromatic N) is 1. The van der Waals surface area contributed by atoms with Gasteiger partial charge in [-0.15, -0.1) is 0 Å². The van der Waals surface area contributed by atoms with Crippen LogP contribution >= 0.6 is 0 Å². The Kier molecular flexibility index (Phi) is 6.50. The van der Waals surface area contributed by atoms with Crippen molar-refractivity contribution in [3.05, 3.63) is 0 Å². The van der Waals surface area contributed by atoms with Crippen molar-refractivity contribution in [2.24, 2.45) is 5.92 Å². The van der Waals surface area contributed by atoms with E-state index in [0.717, 1.165) is 5.92 Å². The zero-order valence-electron chi connectivity index (χ0n) is 12.4. The lowest BCUT2D eigenvalue weighted by Crippen LogP contribution is -2.47. The van der Waals surface area contributed by atoms with Crippen LogP contribution in [0.5, 0.6) is 0 Å². The smallest absolute Gasteiger partial charge is 0.0190 e. The number of hydrogen-bond acceptors (Lipinski definition) is 2. The van der Waals surface area contributed by atoms with Gasteiger partial charge in [0, 0.05) is 12.1 Å². The molecule has 17 heavy (non-hydrogen) atoms. The van der Waals surface area contributed by atoms with Gasteiger partial charge in [0.1, 0.15) is 0 Å². The van der Waals surface area contributed by atoms with Crippen LogP contribution in [0.15, 0.2) is 0 Å². The fourth-order valence-corrected chi connectivity index (χ4v) is 3.12. The van der Waals surface area contributed by atoms with Gasteiger partial charge in [0.05, 0.1) is 0 Å². The zero-order valence-corrected chi connectivity index (χ0v) is 12.4. The Morgan fingerprint density at radius 1 is 1.18 bits per heavy atom. The first-order chi connectivity index (χ1) is 8.12. The van der Waals surface area contributed by atoms with Crippen LogP contribution in [0.4, 0.5) is 0 Å². The summed E-state index contributed by atoms with van der Waals surface area (Å²) in [5, 5.41) is 3.62. The molecule has 1 aliphatic carbocycles. The van der Waals surface area contributed by atoms with Crippen molar-refractivity contribution in [3.8, 4) is 0 Å². The maximum absolute atomic E-state index is 3.62. The molecule has 0 unspecified atom stereocenters. The molecule has 1 rings (SSSR count). The van der Waals surface area contributed by atoms with Crippen molar-refractivity contribution in [3.63, 3.8) is 0 Å². The van der Waals surface area contributed by atoms with Gasteiger partial charge in [-0.1, -0.05) is 40.0 Å². The van der Waals surface area contributed by atoms with Gasteiger partial charge < -0.3 is 10.2 Å². The van der Waals surface area contributed by atoms with E-state index in [9.17, 15) is 0 Å². The molecule has 0 aromatic carbocycles. The van der Waals surface area contributed by atoms with Gasteiger partial charge in [-0.2, -0.15) is 0 Å². The van der Waals surface area contributed by atoms with Crippen molar-refractivity contribution in [2.45, 2.75) is 64.8 Å². The van der Waals surface area contributed by atoms with Crippen LogP contribution in [0.25, 0.3) is 0 Å². The van der Waals surface area contributed by atoms with Crippen molar-refractivity contribution < 1.29 is 0 Å². The molecule has 1 fully saturated rings. The van der Waals surface area contributed by atoms with Gasteiger partial charge in [-0.05, 0) is 45.3 Å². The van der Waals surface area contributed by atoms with Crippen molar-refractivity contribution in [1.29, 1.82) is 0 Å². The van der Waals surface area contributed by atoms with Crippen molar-refractivity contribution in [1.82, 2.24) is 10.2 Å². The average Bonchev–Trinajstić information content (AvgIpc) is 2.35. The molecule has 0 saturated heterocycles. The zero-order chi connectivity index (χ0) is 12.7. The molecule has 0 amide bonds. The Morgan fingerprint density at radius 3 is 2.29 bits per heavy atom. The van der Waals surface area contributed by atoms with E-state index in [4.69, 9.17) is 0 Å². The molecule has 2 heteroatoms. The van der Waals surface area contributed by atoms with Crippen LogP contribution in [0.2, 0.25) is 0 Å². The summed E-state index contributed by atoms with van der Waals surface area (Å²) < 4.78 is 0. The average molecular weight is 240 g/mol. The summed E-state index contributed by atoms with van der Waals surface area (Å²) in [4.78, 5) is 2.61. The first kappa shape index (κ1) is 15.0. The third kappa shape index (κ3) is 4.97. The maximum atomic E-state index is 3.62. The van der Waals surface area contributed by atoms with Crippen LogP contribution in [0.1, 0.15) is 59.3 Å². The quantitative estimate of drug-likeness (QED) is 0.735. The molecule has 1 N–H and O–H groups in total. The largest absolute Gasteiger partial charge is 0.314 e. The molecule has 0 spiro atoms. The van der Waals surface area contributed by atoms with Gasteiger partial charge in [0.2, 0.25) is 0 Å². The minimum atomic E-state index is 0.447. The number of nitrogens with one attached hydrogen (secondary N) is 1. The lowest BCUT2D eigenvalue weighted by atomic mass is 9.79. The molecule has 1 aliphatic rings. The van der Waals surface area contributed by atoms with Gasteiger partial charge in [-0.3, -0.25) is 0 Å². The molecule has 1 saturated carbocycles. The molecule has 0 aromatic rings. The van der Waals surface area contributed by atoms with E-state index in [1.165, 1.54) is 58.2 Å². The Labute approximate surface area is 108 Å². The maximum Gasteiger partial charge on any atom is 0.0190 e. The lowest BCUT2D eigenvalue weighted by molar-refractivity contribution is 0.177. The second-order valence-corrected chi connectivity index (χ2v) is 6.13. The Hall–Kier alpha value is -0.0800. The van der Waals surface area contributed by atoms with Crippen molar-refractivity contribution >= 4 is 0 Å². The van der Waals surface area contributed by atoms with E-state index in [1.54, 1.807) is 0 Å². The molecule has 0 aliphatic heterocycles. The van der Waals surface area contributed by atoms with Gasteiger partial charge in [-0.25, -0.2) is 0 Å².